The zero-order valence-electron chi connectivity index (χ0n) is 13.7. The van der Waals surface area contributed by atoms with Crippen LogP contribution in [0.1, 0.15) is 35.4 Å². The van der Waals surface area contributed by atoms with E-state index in [-0.39, 0.29) is 30.2 Å². The standard InChI is InChI=1S/C16H17F3N4O2/c1-3-25-14-11(5-4-7-20-14)15(24)22-8-6-12(16(17,18)19)23-13(22)9-10(2)21-23/h4-5,7,9,12H,3,6,8H2,1-2H3. The minimum absolute atomic E-state index is 0.0609. The molecule has 3 rings (SSSR count). The third-order valence-corrected chi connectivity index (χ3v) is 3.94. The minimum atomic E-state index is -4.42. The summed E-state index contributed by atoms with van der Waals surface area (Å²) in [6.45, 7) is 3.62. The summed E-state index contributed by atoms with van der Waals surface area (Å²) >= 11 is 0. The predicted octanol–water partition coefficient (Wildman–Crippen LogP) is 3.14. The van der Waals surface area contributed by atoms with Crippen LogP contribution < -0.4 is 9.64 Å². The van der Waals surface area contributed by atoms with Gasteiger partial charge in [0.2, 0.25) is 5.88 Å². The molecule has 134 valence electrons. The number of fused-ring (bicyclic) bond motifs is 1. The summed E-state index contributed by atoms with van der Waals surface area (Å²) < 4.78 is 46.0. The second-order valence-corrected chi connectivity index (χ2v) is 5.68. The van der Waals surface area contributed by atoms with Crippen LogP contribution in [0.25, 0.3) is 0 Å². The molecule has 0 spiro atoms. The Hall–Kier alpha value is -2.58. The number of rotatable bonds is 3. The van der Waals surface area contributed by atoms with E-state index in [0.29, 0.717) is 12.3 Å². The Morgan fingerprint density at radius 1 is 1.44 bits per heavy atom. The highest BCUT2D eigenvalue weighted by atomic mass is 19.4. The first-order chi connectivity index (χ1) is 11.8. The van der Waals surface area contributed by atoms with Crippen LogP contribution in [-0.2, 0) is 0 Å². The fourth-order valence-corrected chi connectivity index (χ4v) is 2.88. The summed E-state index contributed by atoms with van der Waals surface area (Å²) in [7, 11) is 0. The van der Waals surface area contributed by atoms with Crippen LogP contribution in [0.4, 0.5) is 19.0 Å². The maximum absolute atomic E-state index is 13.3. The second-order valence-electron chi connectivity index (χ2n) is 5.68. The number of aryl methyl sites for hydroxylation is 1. The maximum Gasteiger partial charge on any atom is 0.410 e. The van der Waals surface area contributed by atoms with Crippen molar-refractivity contribution in [2.75, 3.05) is 18.1 Å². The topological polar surface area (TPSA) is 60.2 Å². The molecule has 1 aliphatic heterocycles. The van der Waals surface area contributed by atoms with Crippen molar-refractivity contribution in [3.8, 4) is 5.88 Å². The molecule has 0 bridgehead atoms. The molecular formula is C16H17F3N4O2. The van der Waals surface area contributed by atoms with Crippen molar-refractivity contribution in [3.05, 3.63) is 35.7 Å². The van der Waals surface area contributed by atoms with E-state index in [1.165, 1.54) is 17.2 Å². The van der Waals surface area contributed by atoms with E-state index in [2.05, 4.69) is 10.1 Å². The first kappa shape index (κ1) is 17.2. The fraction of sp³-hybridized carbons (Fsp3) is 0.438. The van der Waals surface area contributed by atoms with Crippen LogP contribution in [-0.4, -0.2) is 40.0 Å². The highest BCUT2D eigenvalue weighted by molar-refractivity contribution is 6.07. The van der Waals surface area contributed by atoms with Gasteiger partial charge in [0.15, 0.2) is 6.04 Å². The van der Waals surface area contributed by atoms with E-state index in [1.807, 2.05) is 0 Å². The normalized spacial score (nSPS) is 17.3. The predicted molar refractivity (Wildman–Crippen MR) is 83.8 cm³/mol. The molecule has 0 aliphatic carbocycles. The van der Waals surface area contributed by atoms with Gasteiger partial charge in [-0.3, -0.25) is 9.69 Å². The molecule has 3 heterocycles. The molecule has 25 heavy (non-hydrogen) atoms. The van der Waals surface area contributed by atoms with E-state index in [0.717, 1.165) is 4.68 Å². The summed E-state index contributed by atoms with van der Waals surface area (Å²) in [5.74, 6) is -0.170. The SMILES string of the molecule is CCOc1ncccc1C(=O)N1CCC(C(F)(F)F)n2nc(C)cc21. The largest absolute Gasteiger partial charge is 0.477 e. The van der Waals surface area contributed by atoms with Gasteiger partial charge in [0.25, 0.3) is 5.91 Å². The van der Waals surface area contributed by atoms with Gasteiger partial charge in [-0.25, -0.2) is 9.67 Å². The first-order valence-electron chi connectivity index (χ1n) is 7.85. The molecule has 0 N–H and O–H groups in total. The Kier molecular flexibility index (Phi) is 4.40. The molecule has 0 aromatic carbocycles. The summed E-state index contributed by atoms with van der Waals surface area (Å²) in [5, 5.41) is 3.94. The highest BCUT2D eigenvalue weighted by Crippen LogP contribution is 2.40. The maximum atomic E-state index is 13.3. The van der Waals surface area contributed by atoms with Crippen molar-refractivity contribution >= 4 is 11.7 Å². The Bertz CT molecular complexity index is 788. The van der Waals surface area contributed by atoms with Crippen molar-refractivity contribution in [1.82, 2.24) is 14.8 Å². The van der Waals surface area contributed by atoms with Crippen LogP contribution in [0.15, 0.2) is 24.4 Å². The lowest BCUT2D eigenvalue weighted by atomic mass is 10.1. The number of aromatic nitrogens is 3. The molecule has 0 fully saturated rings. The van der Waals surface area contributed by atoms with Crippen LogP contribution in [0, 0.1) is 6.92 Å². The zero-order valence-corrected chi connectivity index (χ0v) is 13.7. The molecular weight excluding hydrogens is 337 g/mol. The number of carbonyl (C=O) groups is 1. The van der Waals surface area contributed by atoms with Gasteiger partial charge in [0.1, 0.15) is 11.4 Å². The number of ether oxygens (including phenoxy) is 1. The van der Waals surface area contributed by atoms with Crippen LogP contribution in [0.5, 0.6) is 5.88 Å². The van der Waals surface area contributed by atoms with Gasteiger partial charge in [-0.1, -0.05) is 0 Å². The molecule has 2 aromatic heterocycles. The number of halogens is 3. The molecule has 2 aromatic rings. The molecule has 1 amide bonds. The number of carbonyl (C=O) groups excluding carboxylic acids is 1. The highest BCUT2D eigenvalue weighted by Gasteiger charge is 2.46. The van der Waals surface area contributed by atoms with E-state index >= 15 is 0 Å². The third-order valence-electron chi connectivity index (χ3n) is 3.94. The van der Waals surface area contributed by atoms with Crippen molar-refractivity contribution in [3.63, 3.8) is 0 Å². The molecule has 1 unspecified atom stereocenters. The Labute approximate surface area is 142 Å². The average molecular weight is 354 g/mol. The van der Waals surface area contributed by atoms with E-state index < -0.39 is 18.1 Å². The Morgan fingerprint density at radius 2 is 2.20 bits per heavy atom. The van der Waals surface area contributed by atoms with Gasteiger partial charge in [-0.15, -0.1) is 0 Å². The van der Waals surface area contributed by atoms with E-state index in [1.54, 1.807) is 26.0 Å². The number of hydrogen-bond acceptors (Lipinski definition) is 4. The lowest BCUT2D eigenvalue weighted by Crippen LogP contribution is -2.43. The number of amides is 1. The molecule has 0 saturated carbocycles. The zero-order chi connectivity index (χ0) is 18.2. The quantitative estimate of drug-likeness (QED) is 0.850. The first-order valence-corrected chi connectivity index (χ1v) is 7.85. The van der Waals surface area contributed by atoms with Gasteiger partial charge in [-0.05, 0) is 32.4 Å². The van der Waals surface area contributed by atoms with Gasteiger partial charge in [0, 0.05) is 18.8 Å². The minimum Gasteiger partial charge on any atom is -0.477 e. The number of alkyl halides is 3. The van der Waals surface area contributed by atoms with Crippen molar-refractivity contribution in [2.45, 2.75) is 32.5 Å². The molecule has 0 radical (unpaired) electrons. The van der Waals surface area contributed by atoms with E-state index in [4.69, 9.17) is 4.74 Å². The molecule has 9 heteroatoms. The van der Waals surface area contributed by atoms with Crippen LogP contribution >= 0.6 is 0 Å². The summed E-state index contributed by atoms with van der Waals surface area (Å²) in [4.78, 5) is 18.2. The van der Waals surface area contributed by atoms with Crippen molar-refractivity contribution in [2.24, 2.45) is 0 Å². The lowest BCUT2D eigenvalue weighted by Gasteiger charge is -2.33. The van der Waals surface area contributed by atoms with Gasteiger partial charge < -0.3 is 4.74 Å². The molecule has 0 saturated heterocycles. The summed E-state index contributed by atoms with van der Waals surface area (Å²) in [5.41, 5.74) is 0.625. The third kappa shape index (κ3) is 3.18. The van der Waals surface area contributed by atoms with Gasteiger partial charge in [-0.2, -0.15) is 18.3 Å². The number of pyridine rings is 1. The monoisotopic (exact) mass is 354 g/mol. The Morgan fingerprint density at radius 3 is 2.88 bits per heavy atom. The van der Waals surface area contributed by atoms with Gasteiger partial charge >= 0.3 is 6.18 Å². The molecule has 6 nitrogen and oxygen atoms in total. The molecule has 1 aliphatic rings. The van der Waals surface area contributed by atoms with Crippen molar-refractivity contribution < 1.29 is 22.7 Å². The van der Waals surface area contributed by atoms with E-state index in [9.17, 15) is 18.0 Å². The summed E-state index contributed by atoms with van der Waals surface area (Å²) in [6, 6.07) is 2.87. The number of anilines is 1. The smallest absolute Gasteiger partial charge is 0.410 e. The average Bonchev–Trinajstić information content (AvgIpc) is 2.94. The van der Waals surface area contributed by atoms with Crippen LogP contribution in [0.2, 0.25) is 0 Å². The number of hydrogen-bond donors (Lipinski definition) is 0. The second kappa shape index (κ2) is 6.38. The fourth-order valence-electron chi connectivity index (χ4n) is 2.88. The van der Waals surface area contributed by atoms with Crippen LogP contribution in [0.3, 0.4) is 0 Å². The lowest BCUT2D eigenvalue weighted by molar-refractivity contribution is -0.172. The molecule has 1 atom stereocenters. The van der Waals surface area contributed by atoms with Crippen molar-refractivity contribution in [1.29, 1.82) is 0 Å². The Balaban J connectivity index is 2.00. The number of nitrogens with zero attached hydrogens (tertiary/aromatic N) is 4. The summed E-state index contributed by atoms with van der Waals surface area (Å²) in [6.07, 6.45) is -3.19. The van der Waals surface area contributed by atoms with Gasteiger partial charge in [0.05, 0.1) is 12.3 Å².